The van der Waals surface area contributed by atoms with Crippen molar-refractivity contribution in [3.8, 4) is 0 Å². The molecule has 0 saturated heterocycles. The Labute approximate surface area is 97.4 Å². The second-order valence-corrected chi connectivity index (χ2v) is 4.92. The summed E-state index contributed by atoms with van der Waals surface area (Å²) in [5.74, 6) is 1.56. The fourth-order valence-electron chi connectivity index (χ4n) is 2.13. The maximum Gasteiger partial charge on any atom is 0.145 e. The summed E-state index contributed by atoms with van der Waals surface area (Å²) in [5, 5.41) is 4.18. The first-order valence-corrected chi connectivity index (χ1v) is 6.16. The average molecular weight is 222 g/mol. The first-order valence-electron chi connectivity index (χ1n) is 6.16. The van der Waals surface area contributed by atoms with Crippen molar-refractivity contribution in [3.63, 3.8) is 0 Å². The summed E-state index contributed by atoms with van der Waals surface area (Å²) in [7, 11) is 2.22. The molecule has 0 aliphatic heterocycles. The zero-order chi connectivity index (χ0) is 11.5. The number of anilines is 1. The van der Waals surface area contributed by atoms with Gasteiger partial charge in [-0.1, -0.05) is 0 Å². The highest BCUT2D eigenvalue weighted by atomic mass is 15.3. The largest absolute Gasteiger partial charge is 0.382 e. The van der Waals surface area contributed by atoms with Crippen LogP contribution < -0.4 is 5.73 Å². The summed E-state index contributed by atoms with van der Waals surface area (Å²) in [6.07, 6.45) is 5.91. The van der Waals surface area contributed by atoms with Crippen molar-refractivity contribution in [2.24, 2.45) is 5.92 Å². The van der Waals surface area contributed by atoms with Crippen LogP contribution in [0.2, 0.25) is 0 Å². The highest BCUT2D eigenvalue weighted by Gasteiger charge is 2.29. The van der Waals surface area contributed by atoms with Gasteiger partial charge in [-0.25, -0.2) is 0 Å². The maximum atomic E-state index is 5.56. The number of aromatic nitrogens is 2. The minimum absolute atomic E-state index is 0.611. The molecule has 0 bridgehead atoms. The SMILES string of the molecule is CC(C1CC1)N(C)CCCn1ccc(N)n1. The van der Waals surface area contributed by atoms with Crippen LogP contribution >= 0.6 is 0 Å². The number of nitrogens with two attached hydrogens (primary N) is 1. The molecular weight excluding hydrogens is 200 g/mol. The number of hydrogen-bond acceptors (Lipinski definition) is 3. The molecule has 1 atom stereocenters. The monoisotopic (exact) mass is 222 g/mol. The standard InChI is InChI=1S/C12H22N4/c1-10(11-4-5-11)15(2)7-3-8-16-9-6-12(13)14-16/h6,9-11H,3-5,7-8H2,1-2H3,(H2,13,14). The lowest BCUT2D eigenvalue weighted by Gasteiger charge is -2.24. The second-order valence-electron chi connectivity index (χ2n) is 4.92. The zero-order valence-electron chi connectivity index (χ0n) is 10.3. The van der Waals surface area contributed by atoms with Crippen LogP contribution in [0, 0.1) is 5.92 Å². The lowest BCUT2D eigenvalue weighted by Crippen LogP contribution is -2.32. The molecule has 16 heavy (non-hydrogen) atoms. The summed E-state index contributed by atoms with van der Waals surface area (Å²) in [4.78, 5) is 2.46. The van der Waals surface area contributed by atoms with E-state index < -0.39 is 0 Å². The number of nitrogens with zero attached hydrogens (tertiary/aromatic N) is 3. The molecule has 0 spiro atoms. The summed E-state index contributed by atoms with van der Waals surface area (Å²) < 4.78 is 1.92. The van der Waals surface area contributed by atoms with Crippen molar-refractivity contribution in [3.05, 3.63) is 12.3 Å². The van der Waals surface area contributed by atoms with Gasteiger partial charge >= 0.3 is 0 Å². The predicted octanol–water partition coefficient (Wildman–Crippen LogP) is 1.59. The summed E-state index contributed by atoms with van der Waals surface area (Å²) in [6, 6.07) is 2.58. The Morgan fingerprint density at radius 1 is 1.62 bits per heavy atom. The van der Waals surface area contributed by atoms with Gasteiger partial charge in [0, 0.05) is 18.8 Å². The third-order valence-corrected chi connectivity index (χ3v) is 3.56. The molecule has 2 rings (SSSR count). The van der Waals surface area contributed by atoms with Crippen molar-refractivity contribution in [2.75, 3.05) is 19.3 Å². The van der Waals surface area contributed by atoms with Crippen LogP contribution in [-0.2, 0) is 6.54 Å². The molecule has 0 aromatic carbocycles. The van der Waals surface area contributed by atoms with E-state index in [1.165, 1.54) is 12.8 Å². The molecule has 90 valence electrons. The van der Waals surface area contributed by atoms with Crippen LogP contribution in [0.3, 0.4) is 0 Å². The zero-order valence-corrected chi connectivity index (χ0v) is 10.3. The Hall–Kier alpha value is -1.03. The van der Waals surface area contributed by atoms with Gasteiger partial charge in [-0.15, -0.1) is 0 Å². The summed E-state index contributed by atoms with van der Waals surface area (Å²) in [6.45, 7) is 4.43. The fraction of sp³-hybridized carbons (Fsp3) is 0.750. The van der Waals surface area contributed by atoms with E-state index in [9.17, 15) is 0 Å². The molecule has 0 amide bonds. The van der Waals surface area contributed by atoms with Gasteiger partial charge in [0.25, 0.3) is 0 Å². The Balaban J connectivity index is 1.67. The lowest BCUT2D eigenvalue weighted by atomic mass is 10.2. The van der Waals surface area contributed by atoms with Crippen molar-refractivity contribution < 1.29 is 0 Å². The van der Waals surface area contributed by atoms with Crippen molar-refractivity contribution in [1.29, 1.82) is 0 Å². The van der Waals surface area contributed by atoms with Gasteiger partial charge in [0.15, 0.2) is 0 Å². The Bertz CT molecular complexity index is 330. The molecule has 1 saturated carbocycles. The van der Waals surface area contributed by atoms with Gasteiger partial charge in [-0.3, -0.25) is 4.68 Å². The van der Waals surface area contributed by atoms with E-state index in [4.69, 9.17) is 5.73 Å². The highest BCUT2D eigenvalue weighted by Crippen LogP contribution is 2.34. The average Bonchev–Trinajstić information content (AvgIpc) is 3.02. The van der Waals surface area contributed by atoms with E-state index in [0.29, 0.717) is 5.82 Å². The maximum absolute atomic E-state index is 5.56. The van der Waals surface area contributed by atoms with Crippen molar-refractivity contribution in [2.45, 2.75) is 38.8 Å². The molecule has 1 fully saturated rings. The van der Waals surface area contributed by atoms with Gasteiger partial charge < -0.3 is 10.6 Å². The predicted molar refractivity (Wildman–Crippen MR) is 66.1 cm³/mol. The Morgan fingerprint density at radius 2 is 2.38 bits per heavy atom. The van der Waals surface area contributed by atoms with Gasteiger partial charge in [0.2, 0.25) is 0 Å². The van der Waals surface area contributed by atoms with E-state index in [0.717, 1.165) is 31.5 Å². The highest BCUT2D eigenvalue weighted by molar-refractivity contribution is 5.23. The summed E-state index contributed by atoms with van der Waals surface area (Å²) >= 11 is 0. The van der Waals surface area contributed by atoms with Crippen LogP contribution in [0.1, 0.15) is 26.2 Å². The van der Waals surface area contributed by atoms with E-state index in [-0.39, 0.29) is 0 Å². The van der Waals surface area contributed by atoms with Gasteiger partial charge in [0.1, 0.15) is 5.82 Å². The first kappa shape index (κ1) is 11.5. The van der Waals surface area contributed by atoms with Crippen molar-refractivity contribution in [1.82, 2.24) is 14.7 Å². The molecule has 2 N–H and O–H groups in total. The molecule has 1 aromatic rings. The smallest absolute Gasteiger partial charge is 0.145 e. The normalized spacial score (nSPS) is 17.9. The molecular formula is C12H22N4. The number of nitrogen functional groups attached to an aromatic ring is 1. The lowest BCUT2D eigenvalue weighted by molar-refractivity contribution is 0.227. The first-order chi connectivity index (χ1) is 7.66. The van der Waals surface area contributed by atoms with Gasteiger partial charge in [-0.2, -0.15) is 5.10 Å². The molecule has 0 radical (unpaired) electrons. The molecule has 1 aliphatic rings. The van der Waals surface area contributed by atoms with Crippen LogP contribution in [0.15, 0.2) is 12.3 Å². The minimum atomic E-state index is 0.611. The molecule has 4 nitrogen and oxygen atoms in total. The van der Waals surface area contributed by atoms with Crippen LogP contribution in [0.25, 0.3) is 0 Å². The fourth-order valence-corrected chi connectivity index (χ4v) is 2.13. The topological polar surface area (TPSA) is 47.1 Å². The molecule has 1 unspecified atom stereocenters. The molecule has 1 heterocycles. The number of hydrogen-bond donors (Lipinski definition) is 1. The number of aryl methyl sites for hydroxylation is 1. The Morgan fingerprint density at radius 3 is 2.94 bits per heavy atom. The molecule has 1 aromatic heterocycles. The second kappa shape index (κ2) is 4.87. The van der Waals surface area contributed by atoms with E-state index >= 15 is 0 Å². The molecule has 1 aliphatic carbocycles. The molecule has 4 heteroatoms. The van der Waals surface area contributed by atoms with E-state index in [2.05, 4.69) is 24.0 Å². The van der Waals surface area contributed by atoms with Crippen LogP contribution in [0.4, 0.5) is 5.82 Å². The Kier molecular flexibility index (Phi) is 3.49. The summed E-state index contributed by atoms with van der Waals surface area (Å²) in [5.41, 5.74) is 5.56. The third kappa shape index (κ3) is 2.98. The number of rotatable bonds is 6. The van der Waals surface area contributed by atoms with E-state index in [1.807, 2.05) is 16.9 Å². The van der Waals surface area contributed by atoms with Crippen LogP contribution in [0.5, 0.6) is 0 Å². The minimum Gasteiger partial charge on any atom is -0.382 e. The van der Waals surface area contributed by atoms with Gasteiger partial charge in [0.05, 0.1) is 0 Å². The van der Waals surface area contributed by atoms with Crippen LogP contribution in [-0.4, -0.2) is 34.3 Å². The third-order valence-electron chi connectivity index (χ3n) is 3.56. The van der Waals surface area contributed by atoms with E-state index in [1.54, 1.807) is 0 Å². The van der Waals surface area contributed by atoms with Gasteiger partial charge in [-0.05, 0) is 51.8 Å². The quantitative estimate of drug-likeness (QED) is 0.795. The van der Waals surface area contributed by atoms with Crippen molar-refractivity contribution >= 4 is 5.82 Å².